The van der Waals surface area contributed by atoms with Crippen molar-refractivity contribution in [3.63, 3.8) is 0 Å². The molecule has 2 N–H and O–H groups in total. The third-order valence-electron chi connectivity index (χ3n) is 2.75. The van der Waals surface area contributed by atoms with E-state index in [0.29, 0.717) is 0 Å². The van der Waals surface area contributed by atoms with Crippen LogP contribution in [-0.2, 0) is 24.8 Å². The van der Waals surface area contributed by atoms with Crippen molar-refractivity contribution in [2.24, 2.45) is 0 Å². The van der Waals surface area contributed by atoms with E-state index in [-0.39, 0.29) is 22.8 Å². The van der Waals surface area contributed by atoms with E-state index in [1.54, 1.807) is 0 Å². The van der Waals surface area contributed by atoms with Crippen molar-refractivity contribution in [1.82, 2.24) is 9.03 Å². The van der Waals surface area contributed by atoms with Gasteiger partial charge in [0.2, 0.25) is 20.0 Å². The number of carboxylic acids is 1. The molecule has 1 aromatic carbocycles. The number of aliphatic carboxylic acids is 1. The van der Waals surface area contributed by atoms with Crippen molar-refractivity contribution in [2.45, 2.75) is 16.2 Å². The maximum atomic E-state index is 12.1. The molecule has 0 saturated carbocycles. The number of hydrogen-bond acceptors (Lipinski definition) is 5. The van der Waals surface area contributed by atoms with Gasteiger partial charge in [-0.1, -0.05) is 0 Å². The van der Waals surface area contributed by atoms with Gasteiger partial charge in [0.05, 0.1) is 16.2 Å². The molecule has 118 valence electrons. The van der Waals surface area contributed by atoms with Crippen LogP contribution in [-0.4, -0.2) is 52.9 Å². The Balaban J connectivity index is 3.03. The molecular weight excluding hydrogens is 320 g/mol. The van der Waals surface area contributed by atoms with Crippen LogP contribution in [0.25, 0.3) is 0 Å². The Kier molecular flexibility index (Phi) is 5.45. The summed E-state index contributed by atoms with van der Waals surface area (Å²) in [5.74, 6) is -1.10. The minimum Gasteiger partial charge on any atom is -0.481 e. The fourth-order valence-corrected chi connectivity index (χ4v) is 3.36. The van der Waals surface area contributed by atoms with E-state index in [1.165, 1.54) is 26.2 Å². The fourth-order valence-electron chi connectivity index (χ4n) is 1.46. The lowest BCUT2D eigenvalue weighted by Gasteiger charge is -2.16. The molecular formula is C11H16N2O6S2. The highest BCUT2D eigenvalue weighted by atomic mass is 32.2. The molecule has 0 bridgehead atoms. The van der Waals surface area contributed by atoms with E-state index < -0.39 is 26.0 Å². The predicted octanol–water partition coefficient (Wildman–Crippen LogP) is -0.310. The highest BCUT2D eigenvalue weighted by Gasteiger charge is 2.22. The zero-order valence-electron chi connectivity index (χ0n) is 11.5. The first-order valence-electron chi connectivity index (χ1n) is 5.83. The highest BCUT2D eigenvalue weighted by molar-refractivity contribution is 7.89. The Morgan fingerprint density at radius 2 is 1.62 bits per heavy atom. The van der Waals surface area contributed by atoms with E-state index in [4.69, 9.17) is 5.11 Å². The average molecular weight is 336 g/mol. The molecule has 0 heterocycles. The normalized spacial score (nSPS) is 12.5. The number of carbonyl (C=O) groups is 1. The molecule has 1 aromatic rings. The average Bonchev–Trinajstić information content (AvgIpc) is 2.44. The van der Waals surface area contributed by atoms with E-state index in [1.807, 2.05) is 0 Å². The molecule has 0 fully saturated rings. The van der Waals surface area contributed by atoms with E-state index in [2.05, 4.69) is 4.72 Å². The van der Waals surface area contributed by atoms with Crippen molar-refractivity contribution in [1.29, 1.82) is 0 Å². The Morgan fingerprint density at radius 3 is 2.05 bits per heavy atom. The summed E-state index contributed by atoms with van der Waals surface area (Å²) in [5, 5.41) is 8.56. The van der Waals surface area contributed by atoms with Gasteiger partial charge in [-0.2, -0.15) is 0 Å². The first kappa shape index (κ1) is 17.6. The quantitative estimate of drug-likeness (QED) is 0.704. The fraction of sp³-hybridized carbons (Fsp3) is 0.364. The Hall–Kier alpha value is -1.49. The molecule has 1 rings (SSSR count). The number of carboxylic acid groups (broad SMARTS) is 1. The number of nitrogens with one attached hydrogen (secondary N) is 1. The highest BCUT2D eigenvalue weighted by Crippen LogP contribution is 2.17. The summed E-state index contributed by atoms with van der Waals surface area (Å²) in [4.78, 5) is 10.3. The SMILES string of the molecule is CNS(=O)(=O)c1ccc(S(=O)(=O)N(C)CCC(=O)O)cc1. The second kappa shape index (κ2) is 6.52. The number of benzene rings is 1. The molecule has 0 unspecified atom stereocenters. The maximum absolute atomic E-state index is 12.1. The van der Waals surface area contributed by atoms with Crippen LogP contribution in [0.5, 0.6) is 0 Å². The van der Waals surface area contributed by atoms with Crippen molar-refractivity contribution in [3.05, 3.63) is 24.3 Å². The summed E-state index contributed by atoms with van der Waals surface area (Å²) in [6.45, 7) is -0.172. The lowest BCUT2D eigenvalue weighted by molar-refractivity contribution is -0.137. The summed E-state index contributed by atoms with van der Waals surface area (Å²) in [7, 11) is -4.98. The number of sulfonamides is 2. The predicted molar refractivity (Wildman–Crippen MR) is 74.8 cm³/mol. The summed E-state index contributed by atoms with van der Waals surface area (Å²) in [5.41, 5.74) is 0. The van der Waals surface area contributed by atoms with Crippen LogP contribution >= 0.6 is 0 Å². The molecule has 0 amide bonds. The van der Waals surface area contributed by atoms with Crippen LogP contribution in [0.3, 0.4) is 0 Å². The number of rotatable bonds is 7. The summed E-state index contributed by atoms with van der Waals surface area (Å²) < 4.78 is 50.4. The molecule has 8 nitrogen and oxygen atoms in total. The summed E-state index contributed by atoms with van der Waals surface area (Å²) in [6, 6.07) is 4.67. The molecule has 0 aromatic heterocycles. The van der Waals surface area contributed by atoms with Gasteiger partial charge in [0.25, 0.3) is 0 Å². The second-order valence-electron chi connectivity index (χ2n) is 4.15. The zero-order chi connectivity index (χ0) is 16.3. The van der Waals surface area contributed by atoms with Crippen molar-refractivity contribution in [2.75, 3.05) is 20.6 Å². The Labute approximate surface area is 123 Å². The van der Waals surface area contributed by atoms with E-state index in [0.717, 1.165) is 16.4 Å². The molecule has 0 spiro atoms. The van der Waals surface area contributed by atoms with Crippen molar-refractivity contribution in [3.8, 4) is 0 Å². The molecule has 21 heavy (non-hydrogen) atoms. The van der Waals surface area contributed by atoms with Crippen molar-refractivity contribution < 1.29 is 26.7 Å². The van der Waals surface area contributed by atoms with Gasteiger partial charge < -0.3 is 5.11 Å². The van der Waals surface area contributed by atoms with Gasteiger partial charge in [0, 0.05) is 13.6 Å². The Morgan fingerprint density at radius 1 is 1.14 bits per heavy atom. The molecule has 0 aliphatic rings. The largest absolute Gasteiger partial charge is 0.481 e. The molecule has 0 aliphatic carbocycles. The van der Waals surface area contributed by atoms with Gasteiger partial charge in [-0.05, 0) is 31.3 Å². The standard InChI is InChI=1S/C11H16N2O6S2/c1-12-20(16,17)9-3-5-10(6-4-9)21(18,19)13(2)8-7-11(14)15/h3-6,12H,7-8H2,1-2H3,(H,14,15). The van der Waals surface area contributed by atoms with Gasteiger partial charge in [-0.15, -0.1) is 0 Å². The van der Waals surface area contributed by atoms with Gasteiger partial charge in [0.1, 0.15) is 0 Å². The molecule has 0 saturated heterocycles. The minimum atomic E-state index is -3.85. The third-order valence-corrected chi connectivity index (χ3v) is 6.05. The Bertz CT molecular complexity index is 710. The summed E-state index contributed by atoms with van der Waals surface area (Å²) >= 11 is 0. The van der Waals surface area contributed by atoms with Crippen LogP contribution in [0.1, 0.15) is 6.42 Å². The van der Waals surface area contributed by atoms with Crippen LogP contribution < -0.4 is 4.72 Å². The van der Waals surface area contributed by atoms with Crippen LogP contribution in [0.4, 0.5) is 0 Å². The lowest BCUT2D eigenvalue weighted by atomic mass is 10.4. The van der Waals surface area contributed by atoms with E-state index in [9.17, 15) is 21.6 Å². The maximum Gasteiger partial charge on any atom is 0.304 e. The van der Waals surface area contributed by atoms with E-state index >= 15 is 0 Å². The van der Waals surface area contributed by atoms with Gasteiger partial charge in [-0.25, -0.2) is 25.9 Å². The monoisotopic (exact) mass is 336 g/mol. The molecule has 0 radical (unpaired) electrons. The van der Waals surface area contributed by atoms with Crippen LogP contribution in [0.15, 0.2) is 34.1 Å². The summed E-state index contributed by atoms with van der Waals surface area (Å²) in [6.07, 6.45) is -0.318. The van der Waals surface area contributed by atoms with Gasteiger partial charge >= 0.3 is 5.97 Å². The third kappa shape index (κ3) is 4.24. The van der Waals surface area contributed by atoms with Crippen molar-refractivity contribution >= 4 is 26.0 Å². The number of hydrogen-bond donors (Lipinski definition) is 2. The topological polar surface area (TPSA) is 121 Å². The first-order valence-corrected chi connectivity index (χ1v) is 8.75. The van der Waals surface area contributed by atoms with Gasteiger partial charge in [0.15, 0.2) is 0 Å². The molecule has 10 heteroatoms. The lowest BCUT2D eigenvalue weighted by Crippen LogP contribution is -2.29. The van der Waals surface area contributed by atoms with Crippen LogP contribution in [0, 0.1) is 0 Å². The molecule has 0 atom stereocenters. The minimum absolute atomic E-state index is 0.0582. The number of nitrogens with zero attached hydrogens (tertiary/aromatic N) is 1. The zero-order valence-corrected chi connectivity index (χ0v) is 13.1. The first-order chi connectivity index (χ1) is 9.61. The molecule has 0 aliphatic heterocycles. The second-order valence-corrected chi connectivity index (χ2v) is 8.08. The smallest absolute Gasteiger partial charge is 0.304 e. The van der Waals surface area contributed by atoms with Crippen LogP contribution in [0.2, 0.25) is 0 Å². The van der Waals surface area contributed by atoms with Gasteiger partial charge in [-0.3, -0.25) is 4.79 Å².